The zero-order chi connectivity index (χ0) is 14.5. The maximum Gasteiger partial charge on any atom is 0.0398 e. The second-order valence-electron chi connectivity index (χ2n) is 6.65. The predicted molar refractivity (Wildman–Crippen MR) is 88.6 cm³/mol. The van der Waals surface area contributed by atoms with Gasteiger partial charge in [0.1, 0.15) is 0 Å². The molecule has 0 aromatic carbocycles. The summed E-state index contributed by atoms with van der Waals surface area (Å²) in [4.78, 5) is 2.52. The molecule has 112 valence electrons. The molecule has 20 heavy (non-hydrogen) atoms. The van der Waals surface area contributed by atoms with E-state index in [9.17, 15) is 0 Å². The smallest absolute Gasteiger partial charge is 0.0398 e. The number of fused-ring (bicyclic) bond motifs is 1. The van der Waals surface area contributed by atoms with Gasteiger partial charge in [0.15, 0.2) is 0 Å². The quantitative estimate of drug-likeness (QED) is 0.658. The normalized spacial score (nSPS) is 32.5. The maximum atomic E-state index is 4.10. The Kier molecular flexibility index (Phi) is 5.51. The maximum absolute atomic E-state index is 4.10. The van der Waals surface area contributed by atoms with Crippen LogP contribution in [0.15, 0.2) is 36.1 Å². The van der Waals surface area contributed by atoms with Crippen LogP contribution >= 0.6 is 0 Å². The van der Waals surface area contributed by atoms with Gasteiger partial charge < -0.3 is 4.90 Å². The monoisotopic (exact) mass is 273 g/mol. The number of rotatable bonds is 2. The van der Waals surface area contributed by atoms with Crippen molar-refractivity contribution in [1.82, 2.24) is 4.90 Å². The molecule has 1 nitrogen and oxygen atoms in total. The van der Waals surface area contributed by atoms with E-state index in [-0.39, 0.29) is 0 Å². The average Bonchev–Trinajstić information content (AvgIpc) is 2.70. The highest BCUT2D eigenvalue weighted by atomic mass is 15.2. The Hall–Kier alpha value is -0.980. The molecule has 1 fully saturated rings. The average molecular weight is 273 g/mol. The van der Waals surface area contributed by atoms with E-state index in [0.29, 0.717) is 12.0 Å². The molecule has 1 aliphatic carbocycles. The van der Waals surface area contributed by atoms with Crippen LogP contribution in [-0.4, -0.2) is 18.0 Å². The lowest BCUT2D eigenvalue weighted by Crippen LogP contribution is -2.31. The number of allylic oxidation sites excluding steroid dienone is 3. The summed E-state index contributed by atoms with van der Waals surface area (Å²) < 4.78 is 0. The first-order valence-electron chi connectivity index (χ1n) is 8.41. The third-order valence-electron chi connectivity index (χ3n) is 5.25. The lowest BCUT2D eigenvalue weighted by molar-refractivity contribution is 0.238. The second kappa shape index (κ2) is 7.15. The molecule has 3 atom stereocenters. The second-order valence-corrected chi connectivity index (χ2v) is 6.65. The van der Waals surface area contributed by atoms with Crippen molar-refractivity contribution in [1.29, 1.82) is 0 Å². The minimum Gasteiger partial charge on any atom is -0.371 e. The first kappa shape index (κ1) is 15.4. The van der Waals surface area contributed by atoms with Crippen LogP contribution in [0.5, 0.6) is 0 Å². The van der Waals surface area contributed by atoms with Crippen LogP contribution in [-0.2, 0) is 0 Å². The molecule has 0 aromatic heterocycles. The first-order chi connectivity index (χ1) is 9.69. The highest BCUT2D eigenvalue weighted by molar-refractivity contribution is 5.39. The van der Waals surface area contributed by atoms with E-state index >= 15 is 0 Å². The molecular formula is C19H31N. The lowest BCUT2D eigenvalue weighted by atomic mass is 9.82. The predicted octanol–water partition coefficient (Wildman–Crippen LogP) is 5.31. The summed E-state index contributed by atoms with van der Waals surface area (Å²) in [6.45, 7) is 8.64. The Morgan fingerprint density at radius 2 is 1.85 bits per heavy atom. The van der Waals surface area contributed by atoms with Crippen molar-refractivity contribution >= 4 is 0 Å². The molecule has 0 bridgehead atoms. The van der Waals surface area contributed by atoms with Crippen molar-refractivity contribution in [2.45, 2.75) is 64.8 Å². The first-order valence-corrected chi connectivity index (χ1v) is 8.41. The summed E-state index contributed by atoms with van der Waals surface area (Å²) in [6, 6.07) is 0.694. The molecule has 0 aromatic rings. The van der Waals surface area contributed by atoms with Crippen LogP contribution in [0.4, 0.5) is 0 Å². The molecular weight excluding hydrogens is 242 g/mol. The Bertz CT molecular complexity index is 391. The van der Waals surface area contributed by atoms with Gasteiger partial charge >= 0.3 is 0 Å². The van der Waals surface area contributed by atoms with Gasteiger partial charge in [0.05, 0.1) is 0 Å². The van der Waals surface area contributed by atoms with Gasteiger partial charge in [-0.15, -0.1) is 0 Å². The molecule has 0 spiro atoms. The molecule has 0 unspecified atom stereocenters. The number of likely N-dealkylation sites (N-methyl/N-ethyl adjacent to an activating group) is 1. The van der Waals surface area contributed by atoms with E-state index < -0.39 is 0 Å². The largest absolute Gasteiger partial charge is 0.371 e. The van der Waals surface area contributed by atoms with Crippen LogP contribution in [0, 0.1) is 11.8 Å². The van der Waals surface area contributed by atoms with Crippen LogP contribution in [0.25, 0.3) is 0 Å². The number of hydrogen-bond acceptors (Lipinski definition) is 1. The van der Waals surface area contributed by atoms with E-state index in [1.165, 1.54) is 56.2 Å². The van der Waals surface area contributed by atoms with Gasteiger partial charge in [-0.25, -0.2) is 0 Å². The van der Waals surface area contributed by atoms with E-state index in [4.69, 9.17) is 0 Å². The van der Waals surface area contributed by atoms with Crippen LogP contribution in [0.1, 0.15) is 58.8 Å². The summed E-state index contributed by atoms with van der Waals surface area (Å²) in [5.74, 6) is 1.58. The third kappa shape index (κ3) is 3.19. The summed E-state index contributed by atoms with van der Waals surface area (Å²) in [7, 11) is 2.28. The van der Waals surface area contributed by atoms with Gasteiger partial charge in [0, 0.05) is 24.7 Å². The minimum absolute atomic E-state index is 0.694. The van der Waals surface area contributed by atoms with Gasteiger partial charge in [-0.2, -0.15) is 0 Å². The van der Waals surface area contributed by atoms with Gasteiger partial charge in [-0.3, -0.25) is 0 Å². The fraction of sp³-hybridized carbons (Fsp3) is 0.684. The van der Waals surface area contributed by atoms with Gasteiger partial charge in [-0.1, -0.05) is 57.8 Å². The molecule has 1 saturated carbocycles. The topological polar surface area (TPSA) is 3.24 Å². The molecule has 0 radical (unpaired) electrons. The highest BCUT2D eigenvalue weighted by Gasteiger charge is 2.35. The van der Waals surface area contributed by atoms with Crippen LogP contribution in [0.2, 0.25) is 0 Å². The number of nitrogens with zero attached hydrogens (tertiary/aromatic N) is 1. The Morgan fingerprint density at radius 3 is 2.55 bits per heavy atom. The lowest BCUT2D eigenvalue weighted by Gasteiger charge is -2.30. The van der Waals surface area contributed by atoms with Gasteiger partial charge in [0.25, 0.3) is 0 Å². The zero-order valence-electron chi connectivity index (χ0n) is 13.6. The van der Waals surface area contributed by atoms with Crippen LogP contribution in [0.3, 0.4) is 0 Å². The van der Waals surface area contributed by atoms with E-state index in [0.717, 1.165) is 5.92 Å². The summed E-state index contributed by atoms with van der Waals surface area (Å²) in [6.07, 6.45) is 16.2. The Balaban J connectivity index is 2.24. The number of hydrogen-bond donors (Lipinski definition) is 0. The molecule has 0 amide bonds. The SMILES string of the molecule is C=CC1=C(/C=C\C)N(C)[C@H]2CCCCC[C@@H](C)CC[C@@H]12. The van der Waals surface area contributed by atoms with Crippen molar-refractivity contribution in [3.8, 4) is 0 Å². The fourth-order valence-electron chi connectivity index (χ4n) is 4.05. The molecule has 0 N–H and O–H groups in total. The fourth-order valence-corrected chi connectivity index (χ4v) is 4.05. The molecule has 1 heterocycles. The van der Waals surface area contributed by atoms with Gasteiger partial charge in [-0.05, 0) is 37.3 Å². The molecule has 1 aliphatic heterocycles. The molecule has 2 aliphatic rings. The standard InChI is InChI=1S/C19H31N/c1-5-10-18-16(6-2)17-14-13-15(3)11-8-7-9-12-19(17)20(18)4/h5-6,10,15,17,19H,2,7-9,11-14H2,1,3-4H3/b10-5-/t15-,17+,19+/m1/s1. The summed E-state index contributed by atoms with van der Waals surface area (Å²) in [5, 5.41) is 0. The van der Waals surface area contributed by atoms with Crippen molar-refractivity contribution in [2.75, 3.05) is 7.05 Å². The highest BCUT2D eigenvalue weighted by Crippen LogP contribution is 2.41. The van der Waals surface area contributed by atoms with E-state index in [1.807, 2.05) is 0 Å². The third-order valence-corrected chi connectivity index (χ3v) is 5.25. The summed E-state index contributed by atoms with van der Waals surface area (Å²) >= 11 is 0. The Labute approximate surface area is 125 Å². The zero-order valence-corrected chi connectivity index (χ0v) is 13.6. The van der Waals surface area contributed by atoms with Crippen molar-refractivity contribution in [3.63, 3.8) is 0 Å². The summed E-state index contributed by atoms with van der Waals surface area (Å²) in [5.41, 5.74) is 2.90. The molecule has 0 saturated heterocycles. The minimum atomic E-state index is 0.694. The molecule has 1 heteroatoms. The Morgan fingerprint density at radius 1 is 1.10 bits per heavy atom. The van der Waals surface area contributed by atoms with E-state index in [1.54, 1.807) is 0 Å². The van der Waals surface area contributed by atoms with E-state index in [2.05, 4.69) is 50.6 Å². The van der Waals surface area contributed by atoms with Crippen molar-refractivity contribution < 1.29 is 0 Å². The van der Waals surface area contributed by atoms with Crippen LogP contribution < -0.4 is 0 Å². The van der Waals surface area contributed by atoms with Gasteiger partial charge in [0.2, 0.25) is 0 Å². The molecule has 2 rings (SSSR count). The van der Waals surface area contributed by atoms with Crippen molar-refractivity contribution in [2.24, 2.45) is 11.8 Å². The van der Waals surface area contributed by atoms with Crippen molar-refractivity contribution in [3.05, 3.63) is 36.1 Å².